The fourth-order valence-corrected chi connectivity index (χ4v) is 3.43. The van der Waals surface area contributed by atoms with Crippen LogP contribution in [0.2, 0.25) is 0 Å². The predicted octanol–water partition coefficient (Wildman–Crippen LogP) is 1.70. The third kappa shape index (κ3) is 4.22. The minimum Gasteiger partial charge on any atom is -0.315 e. The summed E-state index contributed by atoms with van der Waals surface area (Å²) in [6.07, 6.45) is 5.81. The van der Waals surface area contributed by atoms with Gasteiger partial charge in [-0.05, 0) is 24.2 Å². The Hall–Kier alpha value is -0.120. The van der Waals surface area contributed by atoms with E-state index >= 15 is 0 Å². The number of hydrogen-bond acceptors (Lipinski definition) is 3. The minimum absolute atomic E-state index is 0.486. The van der Waals surface area contributed by atoms with Gasteiger partial charge in [0.15, 0.2) is 0 Å². The van der Waals surface area contributed by atoms with Crippen LogP contribution in [-0.2, 0) is 0 Å². The molecule has 3 nitrogen and oxygen atoms in total. The van der Waals surface area contributed by atoms with Gasteiger partial charge in [0.25, 0.3) is 0 Å². The maximum atomic E-state index is 3.69. The summed E-state index contributed by atoms with van der Waals surface area (Å²) in [6, 6.07) is 0. The van der Waals surface area contributed by atoms with Gasteiger partial charge >= 0.3 is 0 Å². The molecule has 0 unspecified atom stereocenters. The van der Waals surface area contributed by atoms with Crippen molar-refractivity contribution in [3.05, 3.63) is 0 Å². The molecule has 0 aromatic heterocycles. The quantitative estimate of drug-likeness (QED) is 0.706. The second kappa shape index (κ2) is 6.88. The van der Waals surface area contributed by atoms with Crippen molar-refractivity contribution in [2.75, 3.05) is 45.8 Å². The molecule has 3 heteroatoms. The van der Waals surface area contributed by atoms with Gasteiger partial charge < -0.3 is 10.6 Å². The summed E-state index contributed by atoms with van der Waals surface area (Å²) < 4.78 is 0. The first-order chi connectivity index (χ1) is 8.68. The van der Waals surface area contributed by atoms with E-state index in [1.54, 1.807) is 0 Å². The van der Waals surface area contributed by atoms with E-state index in [2.05, 4.69) is 29.4 Å². The lowest BCUT2D eigenvalue weighted by atomic mass is 9.78. The normalized spacial score (nSPS) is 23.7. The highest BCUT2D eigenvalue weighted by Gasteiger charge is 2.31. The zero-order valence-electron chi connectivity index (χ0n) is 12.3. The Labute approximate surface area is 113 Å². The van der Waals surface area contributed by atoms with E-state index in [0.717, 1.165) is 25.6 Å². The maximum absolute atomic E-state index is 3.69. The highest BCUT2D eigenvalue weighted by Crippen LogP contribution is 2.38. The molecule has 2 fully saturated rings. The lowest BCUT2D eigenvalue weighted by Gasteiger charge is -2.33. The van der Waals surface area contributed by atoms with Crippen molar-refractivity contribution in [2.24, 2.45) is 11.3 Å². The van der Waals surface area contributed by atoms with Crippen molar-refractivity contribution in [1.29, 1.82) is 0 Å². The first kappa shape index (κ1) is 14.3. The molecule has 106 valence electrons. The molecular weight excluding hydrogens is 222 g/mol. The van der Waals surface area contributed by atoms with Gasteiger partial charge in [-0.3, -0.25) is 4.90 Å². The fourth-order valence-electron chi connectivity index (χ4n) is 3.43. The molecule has 0 amide bonds. The Morgan fingerprint density at radius 3 is 2.50 bits per heavy atom. The molecule has 0 radical (unpaired) electrons. The highest BCUT2D eigenvalue weighted by molar-refractivity contribution is 4.84. The number of rotatable bonds is 6. The van der Waals surface area contributed by atoms with Crippen LogP contribution in [0.4, 0.5) is 0 Å². The lowest BCUT2D eigenvalue weighted by molar-refractivity contribution is 0.197. The Kier molecular flexibility index (Phi) is 5.46. The van der Waals surface area contributed by atoms with Crippen LogP contribution in [0.25, 0.3) is 0 Å². The van der Waals surface area contributed by atoms with Crippen LogP contribution in [0, 0.1) is 11.3 Å². The summed E-state index contributed by atoms with van der Waals surface area (Å²) in [6.45, 7) is 13.2. The SMILES string of the molecule is CC(C)(CNCCN1CCNCC1)C1CCCC1. The smallest absolute Gasteiger partial charge is 0.0108 e. The van der Waals surface area contributed by atoms with Crippen LogP contribution in [0.5, 0.6) is 0 Å². The molecule has 1 heterocycles. The maximum Gasteiger partial charge on any atom is 0.0108 e. The van der Waals surface area contributed by atoms with Gasteiger partial charge in [-0.1, -0.05) is 26.7 Å². The molecule has 0 atom stereocenters. The molecule has 0 aromatic carbocycles. The van der Waals surface area contributed by atoms with Gasteiger partial charge in [0.1, 0.15) is 0 Å². The summed E-state index contributed by atoms with van der Waals surface area (Å²) in [5, 5.41) is 7.09. The molecule has 0 spiro atoms. The summed E-state index contributed by atoms with van der Waals surface area (Å²) in [4.78, 5) is 2.56. The molecule has 0 bridgehead atoms. The zero-order chi connectivity index (χ0) is 12.8. The van der Waals surface area contributed by atoms with E-state index in [1.807, 2.05) is 0 Å². The standard InChI is InChI=1S/C15H31N3/c1-15(2,14-5-3-4-6-14)13-17-9-12-18-10-7-16-8-11-18/h14,16-17H,3-13H2,1-2H3. The van der Waals surface area contributed by atoms with Crippen LogP contribution < -0.4 is 10.6 Å². The zero-order valence-corrected chi connectivity index (χ0v) is 12.3. The third-order valence-corrected chi connectivity index (χ3v) is 4.86. The molecule has 2 N–H and O–H groups in total. The van der Waals surface area contributed by atoms with Crippen molar-refractivity contribution < 1.29 is 0 Å². The van der Waals surface area contributed by atoms with E-state index in [0.29, 0.717) is 5.41 Å². The van der Waals surface area contributed by atoms with Crippen molar-refractivity contribution in [3.8, 4) is 0 Å². The van der Waals surface area contributed by atoms with E-state index in [-0.39, 0.29) is 0 Å². The molecule has 1 saturated heterocycles. The third-order valence-electron chi connectivity index (χ3n) is 4.86. The first-order valence-electron chi connectivity index (χ1n) is 7.82. The monoisotopic (exact) mass is 253 g/mol. The van der Waals surface area contributed by atoms with Gasteiger partial charge in [-0.15, -0.1) is 0 Å². The summed E-state index contributed by atoms with van der Waals surface area (Å²) in [7, 11) is 0. The molecule has 1 saturated carbocycles. The second-order valence-electron chi connectivity index (χ2n) is 6.74. The van der Waals surface area contributed by atoms with E-state index in [9.17, 15) is 0 Å². The van der Waals surface area contributed by atoms with Gasteiger partial charge in [0, 0.05) is 45.8 Å². The van der Waals surface area contributed by atoms with Gasteiger partial charge in [-0.25, -0.2) is 0 Å². The van der Waals surface area contributed by atoms with Crippen LogP contribution in [0.1, 0.15) is 39.5 Å². The average Bonchev–Trinajstić information content (AvgIpc) is 2.91. The van der Waals surface area contributed by atoms with Crippen molar-refractivity contribution in [3.63, 3.8) is 0 Å². The first-order valence-corrected chi connectivity index (χ1v) is 7.82. The van der Waals surface area contributed by atoms with Crippen molar-refractivity contribution >= 4 is 0 Å². The van der Waals surface area contributed by atoms with Crippen molar-refractivity contribution in [2.45, 2.75) is 39.5 Å². The molecule has 1 aliphatic heterocycles. The molecule has 0 aromatic rings. The van der Waals surface area contributed by atoms with Gasteiger partial charge in [-0.2, -0.15) is 0 Å². The van der Waals surface area contributed by atoms with E-state index in [1.165, 1.54) is 51.9 Å². The lowest BCUT2D eigenvalue weighted by Crippen LogP contribution is -2.46. The number of nitrogens with zero attached hydrogens (tertiary/aromatic N) is 1. The molecule has 2 rings (SSSR count). The summed E-state index contributed by atoms with van der Waals surface area (Å²) in [5.41, 5.74) is 0.486. The van der Waals surface area contributed by atoms with Crippen LogP contribution in [0.3, 0.4) is 0 Å². The number of nitrogens with one attached hydrogen (secondary N) is 2. The van der Waals surface area contributed by atoms with Crippen LogP contribution in [-0.4, -0.2) is 50.7 Å². The fraction of sp³-hybridized carbons (Fsp3) is 1.00. The van der Waals surface area contributed by atoms with Crippen molar-refractivity contribution in [1.82, 2.24) is 15.5 Å². The van der Waals surface area contributed by atoms with E-state index in [4.69, 9.17) is 0 Å². The highest BCUT2D eigenvalue weighted by atomic mass is 15.2. The Morgan fingerprint density at radius 2 is 1.83 bits per heavy atom. The van der Waals surface area contributed by atoms with Gasteiger partial charge in [0.05, 0.1) is 0 Å². The molecule has 1 aliphatic carbocycles. The minimum atomic E-state index is 0.486. The largest absolute Gasteiger partial charge is 0.315 e. The van der Waals surface area contributed by atoms with Crippen LogP contribution >= 0.6 is 0 Å². The molecule has 18 heavy (non-hydrogen) atoms. The number of hydrogen-bond donors (Lipinski definition) is 2. The Balaban J connectivity index is 1.58. The molecule has 2 aliphatic rings. The average molecular weight is 253 g/mol. The summed E-state index contributed by atoms with van der Waals surface area (Å²) >= 11 is 0. The second-order valence-corrected chi connectivity index (χ2v) is 6.74. The Bertz CT molecular complexity index is 228. The Morgan fingerprint density at radius 1 is 1.17 bits per heavy atom. The van der Waals surface area contributed by atoms with Gasteiger partial charge in [0.2, 0.25) is 0 Å². The van der Waals surface area contributed by atoms with E-state index < -0.39 is 0 Å². The number of piperazine rings is 1. The topological polar surface area (TPSA) is 27.3 Å². The van der Waals surface area contributed by atoms with Crippen LogP contribution in [0.15, 0.2) is 0 Å². The molecular formula is C15H31N3. The predicted molar refractivity (Wildman–Crippen MR) is 77.9 cm³/mol. The summed E-state index contributed by atoms with van der Waals surface area (Å²) in [5.74, 6) is 0.948.